The maximum absolute atomic E-state index is 12.9. The fraction of sp³-hybridized carbons (Fsp3) is 0.333. The van der Waals surface area contributed by atoms with Crippen LogP contribution in [0.15, 0.2) is 42.5 Å². The van der Waals surface area contributed by atoms with Crippen LogP contribution in [0.1, 0.15) is 5.56 Å². The quantitative estimate of drug-likeness (QED) is 0.748. The van der Waals surface area contributed by atoms with Gasteiger partial charge in [0.15, 0.2) is 0 Å². The van der Waals surface area contributed by atoms with Gasteiger partial charge < -0.3 is 24.4 Å². The first kappa shape index (κ1) is 20.9. The van der Waals surface area contributed by atoms with E-state index in [1.54, 1.807) is 74.4 Å². The summed E-state index contributed by atoms with van der Waals surface area (Å²) in [5, 5.41) is 2.88. The van der Waals surface area contributed by atoms with Crippen molar-refractivity contribution in [3.63, 3.8) is 0 Å². The van der Waals surface area contributed by atoms with Gasteiger partial charge in [0.1, 0.15) is 23.3 Å². The van der Waals surface area contributed by atoms with Crippen LogP contribution in [0.5, 0.6) is 17.2 Å². The van der Waals surface area contributed by atoms with Gasteiger partial charge >= 0.3 is 0 Å². The number of ether oxygens (including phenoxy) is 3. The average molecular weight is 416 g/mol. The summed E-state index contributed by atoms with van der Waals surface area (Å²) in [6.07, 6.45) is 0.153. The number of hydrogen-bond donors (Lipinski definition) is 1. The summed E-state index contributed by atoms with van der Waals surface area (Å²) in [4.78, 5) is 27.3. The Labute approximate surface area is 174 Å². The molecule has 1 aliphatic heterocycles. The first-order chi connectivity index (χ1) is 14.0. The number of rotatable bonds is 7. The molecule has 0 radical (unpaired) electrons. The van der Waals surface area contributed by atoms with E-state index >= 15 is 0 Å². The molecule has 7 nitrogen and oxygen atoms in total. The maximum Gasteiger partial charge on any atom is 0.248 e. The maximum atomic E-state index is 12.9. The van der Waals surface area contributed by atoms with Crippen LogP contribution in [0.4, 0.5) is 5.69 Å². The predicted molar refractivity (Wildman–Crippen MR) is 113 cm³/mol. The van der Waals surface area contributed by atoms with Gasteiger partial charge in [-0.2, -0.15) is 0 Å². The minimum absolute atomic E-state index is 0.117. The van der Waals surface area contributed by atoms with E-state index in [1.165, 1.54) is 0 Å². The molecule has 1 heterocycles. The van der Waals surface area contributed by atoms with Gasteiger partial charge in [0.2, 0.25) is 11.8 Å². The fourth-order valence-electron chi connectivity index (χ4n) is 3.07. The van der Waals surface area contributed by atoms with Crippen LogP contribution >= 0.6 is 11.8 Å². The Morgan fingerprint density at radius 3 is 2.38 bits per heavy atom. The highest BCUT2D eigenvalue weighted by atomic mass is 32.2. The topological polar surface area (TPSA) is 77.1 Å². The Morgan fingerprint density at radius 2 is 1.72 bits per heavy atom. The molecule has 0 bridgehead atoms. The smallest absolute Gasteiger partial charge is 0.248 e. The fourth-order valence-corrected chi connectivity index (χ4v) is 4.25. The first-order valence-electron chi connectivity index (χ1n) is 9.08. The second-order valence-corrected chi connectivity index (χ2v) is 7.45. The molecule has 1 saturated heterocycles. The van der Waals surface area contributed by atoms with Crippen molar-refractivity contribution in [2.45, 2.75) is 12.5 Å². The lowest BCUT2D eigenvalue weighted by Crippen LogP contribution is -2.45. The molecule has 1 fully saturated rings. The molecule has 0 aromatic heterocycles. The SMILES string of the molecule is COc1ccc(NC(=O)C2CSCN2C(=O)Cc2ccc(OC)cc2OC)cc1. The summed E-state index contributed by atoms with van der Waals surface area (Å²) >= 11 is 1.56. The zero-order chi connectivity index (χ0) is 20.8. The largest absolute Gasteiger partial charge is 0.497 e. The molecule has 0 saturated carbocycles. The molecule has 8 heteroatoms. The molecule has 2 aromatic rings. The number of methoxy groups -OCH3 is 3. The minimum atomic E-state index is -0.515. The highest BCUT2D eigenvalue weighted by Crippen LogP contribution is 2.28. The summed E-state index contributed by atoms with van der Waals surface area (Å²) < 4.78 is 15.7. The lowest BCUT2D eigenvalue weighted by molar-refractivity contribution is -0.135. The second-order valence-electron chi connectivity index (χ2n) is 6.45. The van der Waals surface area contributed by atoms with Crippen LogP contribution in [0.2, 0.25) is 0 Å². The molecule has 1 N–H and O–H groups in total. The number of nitrogens with one attached hydrogen (secondary N) is 1. The molecule has 2 aromatic carbocycles. The Hall–Kier alpha value is -2.87. The highest BCUT2D eigenvalue weighted by molar-refractivity contribution is 7.99. The minimum Gasteiger partial charge on any atom is -0.497 e. The van der Waals surface area contributed by atoms with Crippen LogP contribution in [0.25, 0.3) is 0 Å². The van der Waals surface area contributed by atoms with E-state index in [-0.39, 0.29) is 18.2 Å². The van der Waals surface area contributed by atoms with Crippen molar-refractivity contribution in [3.8, 4) is 17.2 Å². The number of amides is 2. The van der Waals surface area contributed by atoms with E-state index in [2.05, 4.69) is 5.32 Å². The number of benzene rings is 2. The standard InChI is InChI=1S/C21H24N2O5S/c1-26-16-8-5-15(6-9-16)22-21(25)18-12-29-13-23(18)20(24)10-14-4-7-17(27-2)11-19(14)28-3/h4-9,11,18H,10,12-13H2,1-3H3,(H,22,25). The molecule has 2 amide bonds. The van der Waals surface area contributed by atoms with E-state index in [1.807, 2.05) is 6.07 Å². The van der Waals surface area contributed by atoms with Crippen LogP contribution in [-0.2, 0) is 16.0 Å². The van der Waals surface area contributed by atoms with Crippen molar-refractivity contribution in [2.75, 3.05) is 38.3 Å². The van der Waals surface area contributed by atoms with E-state index in [0.29, 0.717) is 34.6 Å². The number of anilines is 1. The van der Waals surface area contributed by atoms with Crippen molar-refractivity contribution < 1.29 is 23.8 Å². The van der Waals surface area contributed by atoms with Gasteiger partial charge in [-0.15, -0.1) is 11.8 Å². The molecule has 1 unspecified atom stereocenters. The monoisotopic (exact) mass is 416 g/mol. The van der Waals surface area contributed by atoms with Crippen LogP contribution in [0.3, 0.4) is 0 Å². The zero-order valence-electron chi connectivity index (χ0n) is 16.6. The van der Waals surface area contributed by atoms with Crippen molar-refractivity contribution in [1.29, 1.82) is 0 Å². The Kier molecular flexibility index (Phi) is 6.87. The first-order valence-corrected chi connectivity index (χ1v) is 10.2. The zero-order valence-corrected chi connectivity index (χ0v) is 17.5. The van der Waals surface area contributed by atoms with Gasteiger partial charge in [-0.25, -0.2) is 0 Å². The van der Waals surface area contributed by atoms with Crippen LogP contribution in [0, 0.1) is 0 Å². The van der Waals surface area contributed by atoms with Gasteiger partial charge in [0, 0.05) is 23.1 Å². The van der Waals surface area contributed by atoms with E-state index in [4.69, 9.17) is 14.2 Å². The van der Waals surface area contributed by atoms with Crippen molar-refractivity contribution in [3.05, 3.63) is 48.0 Å². The highest BCUT2D eigenvalue weighted by Gasteiger charge is 2.34. The molecule has 1 atom stereocenters. The summed E-state index contributed by atoms with van der Waals surface area (Å²) in [7, 11) is 4.72. The lowest BCUT2D eigenvalue weighted by Gasteiger charge is -2.23. The Bertz CT molecular complexity index is 872. The normalized spacial score (nSPS) is 15.7. The number of carbonyl (C=O) groups is 2. The number of carbonyl (C=O) groups excluding carboxylic acids is 2. The van der Waals surface area contributed by atoms with Gasteiger partial charge in [0.25, 0.3) is 0 Å². The summed E-state index contributed by atoms with van der Waals surface area (Å²) in [5.74, 6) is 2.69. The summed E-state index contributed by atoms with van der Waals surface area (Å²) in [5.41, 5.74) is 1.42. The van der Waals surface area contributed by atoms with Crippen LogP contribution < -0.4 is 19.5 Å². The van der Waals surface area contributed by atoms with E-state index in [9.17, 15) is 9.59 Å². The van der Waals surface area contributed by atoms with Crippen molar-refractivity contribution in [2.24, 2.45) is 0 Å². The summed E-state index contributed by atoms with van der Waals surface area (Å²) in [6.45, 7) is 0. The predicted octanol–water partition coefficient (Wildman–Crippen LogP) is 2.80. The second kappa shape index (κ2) is 9.56. The molecule has 154 valence electrons. The average Bonchev–Trinajstić information content (AvgIpc) is 3.25. The third-order valence-corrected chi connectivity index (χ3v) is 5.71. The number of thioether (sulfide) groups is 1. The molecule has 0 spiro atoms. The third-order valence-electron chi connectivity index (χ3n) is 4.70. The Morgan fingerprint density at radius 1 is 1.03 bits per heavy atom. The molecular weight excluding hydrogens is 392 g/mol. The van der Waals surface area contributed by atoms with Gasteiger partial charge in [-0.1, -0.05) is 6.07 Å². The summed E-state index contributed by atoms with van der Waals surface area (Å²) in [6, 6.07) is 11.9. The van der Waals surface area contributed by atoms with Crippen molar-refractivity contribution in [1.82, 2.24) is 4.90 Å². The van der Waals surface area contributed by atoms with Crippen LogP contribution in [-0.4, -0.2) is 55.7 Å². The number of nitrogens with zero attached hydrogens (tertiary/aromatic N) is 1. The van der Waals surface area contributed by atoms with Gasteiger partial charge in [0.05, 0.1) is 33.6 Å². The molecular formula is C21H24N2O5S. The molecule has 3 rings (SSSR count). The van der Waals surface area contributed by atoms with Gasteiger partial charge in [-0.3, -0.25) is 9.59 Å². The van der Waals surface area contributed by atoms with E-state index < -0.39 is 6.04 Å². The number of hydrogen-bond acceptors (Lipinski definition) is 6. The molecule has 29 heavy (non-hydrogen) atoms. The van der Waals surface area contributed by atoms with E-state index in [0.717, 1.165) is 5.56 Å². The van der Waals surface area contributed by atoms with Gasteiger partial charge in [-0.05, 0) is 30.3 Å². The third kappa shape index (κ3) is 4.95. The molecule has 0 aliphatic carbocycles. The Balaban J connectivity index is 1.67. The lowest BCUT2D eigenvalue weighted by atomic mass is 10.1. The molecule has 1 aliphatic rings. The van der Waals surface area contributed by atoms with Crippen molar-refractivity contribution >= 4 is 29.3 Å².